The molecule has 0 bridgehead atoms. The molecular formula is C17H20N6O2. The first-order valence-corrected chi connectivity index (χ1v) is 8.46. The fraction of sp³-hybridized carbons (Fsp3) is 0.412. The summed E-state index contributed by atoms with van der Waals surface area (Å²) in [6.07, 6.45) is 4.74. The molecule has 3 aromatic heterocycles. The Kier molecular flexibility index (Phi) is 3.87. The van der Waals surface area contributed by atoms with Gasteiger partial charge in [0.2, 0.25) is 5.88 Å². The second-order valence-electron chi connectivity index (χ2n) is 6.31. The van der Waals surface area contributed by atoms with Crippen LogP contribution >= 0.6 is 0 Å². The fourth-order valence-corrected chi connectivity index (χ4v) is 2.73. The van der Waals surface area contributed by atoms with Gasteiger partial charge >= 0.3 is 0 Å². The molecule has 0 saturated heterocycles. The van der Waals surface area contributed by atoms with E-state index in [1.165, 1.54) is 19.0 Å². The van der Waals surface area contributed by atoms with Crippen LogP contribution < -0.4 is 10.1 Å². The number of carbonyl (C=O) groups excluding carboxylic acids is 1. The van der Waals surface area contributed by atoms with Gasteiger partial charge in [0.1, 0.15) is 5.82 Å². The molecule has 25 heavy (non-hydrogen) atoms. The summed E-state index contributed by atoms with van der Waals surface area (Å²) in [7, 11) is 1.83. The predicted molar refractivity (Wildman–Crippen MR) is 92.6 cm³/mol. The van der Waals surface area contributed by atoms with Gasteiger partial charge in [-0.25, -0.2) is 9.67 Å². The summed E-state index contributed by atoms with van der Waals surface area (Å²) in [4.78, 5) is 16.7. The highest BCUT2D eigenvalue weighted by atomic mass is 16.5. The summed E-state index contributed by atoms with van der Waals surface area (Å²) in [5.74, 6) is 1.52. The number of anilines is 1. The number of rotatable bonds is 6. The van der Waals surface area contributed by atoms with Crippen LogP contribution in [0.1, 0.15) is 35.8 Å². The second kappa shape index (κ2) is 6.19. The van der Waals surface area contributed by atoms with Crippen LogP contribution in [0.3, 0.4) is 0 Å². The topological polar surface area (TPSA) is 97.7 Å². The maximum absolute atomic E-state index is 12.5. The Labute approximate surface area is 144 Å². The quantitative estimate of drug-likeness (QED) is 0.717. The van der Waals surface area contributed by atoms with Crippen molar-refractivity contribution < 1.29 is 9.53 Å². The number of ether oxygens (including phenoxy) is 1. The average molecular weight is 340 g/mol. The molecule has 0 aliphatic heterocycles. The molecule has 0 aromatic carbocycles. The SMILES string of the molecule is CCc1nn(C)c2n[nH]c(NC(=O)c3ccc(OCC4CC4)nc3)c12. The highest BCUT2D eigenvalue weighted by Gasteiger charge is 2.22. The zero-order valence-electron chi connectivity index (χ0n) is 14.2. The molecule has 0 radical (unpaired) electrons. The standard InChI is InChI=1S/C17H20N6O2/c1-3-12-14-15(20-21-16(14)23(2)22-12)19-17(24)11-6-7-13(18-8-11)25-9-10-4-5-10/h6-8,10H,3-5,9H2,1-2H3,(H2,19,20,21,24). The summed E-state index contributed by atoms with van der Waals surface area (Å²) in [5.41, 5.74) is 2.07. The Morgan fingerprint density at radius 1 is 1.44 bits per heavy atom. The monoisotopic (exact) mass is 340 g/mol. The number of nitrogens with one attached hydrogen (secondary N) is 2. The number of amides is 1. The van der Waals surface area contributed by atoms with Crippen LogP contribution in [0.25, 0.3) is 11.0 Å². The fourth-order valence-electron chi connectivity index (χ4n) is 2.73. The second-order valence-corrected chi connectivity index (χ2v) is 6.31. The van der Waals surface area contributed by atoms with E-state index in [1.807, 2.05) is 14.0 Å². The molecule has 3 aromatic rings. The summed E-state index contributed by atoms with van der Waals surface area (Å²) >= 11 is 0. The van der Waals surface area contributed by atoms with Gasteiger partial charge < -0.3 is 10.1 Å². The van der Waals surface area contributed by atoms with E-state index in [4.69, 9.17) is 4.74 Å². The number of nitrogens with zero attached hydrogens (tertiary/aromatic N) is 4. The Hall–Kier alpha value is -2.90. The molecule has 0 atom stereocenters. The van der Waals surface area contributed by atoms with Crippen LogP contribution in [0.15, 0.2) is 18.3 Å². The van der Waals surface area contributed by atoms with Crippen molar-refractivity contribution in [2.24, 2.45) is 13.0 Å². The highest BCUT2D eigenvalue weighted by molar-refractivity contribution is 6.07. The van der Waals surface area contributed by atoms with Gasteiger partial charge in [0, 0.05) is 19.3 Å². The lowest BCUT2D eigenvalue weighted by Gasteiger charge is -2.06. The number of H-pyrrole nitrogens is 1. The minimum atomic E-state index is -0.252. The van der Waals surface area contributed by atoms with E-state index in [0.717, 1.165) is 17.5 Å². The van der Waals surface area contributed by atoms with Crippen LogP contribution in [-0.4, -0.2) is 37.5 Å². The normalized spacial score (nSPS) is 14.0. The van der Waals surface area contributed by atoms with E-state index >= 15 is 0 Å². The van der Waals surface area contributed by atoms with Crippen molar-refractivity contribution in [1.29, 1.82) is 0 Å². The molecule has 1 saturated carbocycles. The maximum Gasteiger partial charge on any atom is 0.258 e. The Balaban J connectivity index is 1.49. The summed E-state index contributed by atoms with van der Waals surface area (Å²) < 4.78 is 7.29. The molecule has 130 valence electrons. The number of aromatic nitrogens is 5. The van der Waals surface area contributed by atoms with Crippen LogP contribution in [0.5, 0.6) is 5.88 Å². The molecule has 8 nitrogen and oxygen atoms in total. The first-order valence-electron chi connectivity index (χ1n) is 8.46. The first-order chi connectivity index (χ1) is 12.2. The van der Waals surface area contributed by atoms with Crippen molar-refractivity contribution in [2.75, 3.05) is 11.9 Å². The van der Waals surface area contributed by atoms with Gasteiger partial charge in [-0.2, -0.15) is 10.2 Å². The largest absolute Gasteiger partial charge is 0.477 e. The molecule has 2 N–H and O–H groups in total. The molecule has 3 heterocycles. The molecule has 1 aliphatic carbocycles. The van der Waals surface area contributed by atoms with Crippen molar-refractivity contribution in [3.8, 4) is 5.88 Å². The summed E-state index contributed by atoms with van der Waals surface area (Å²) in [6, 6.07) is 3.43. The zero-order chi connectivity index (χ0) is 17.4. The number of pyridine rings is 1. The molecule has 1 amide bonds. The minimum absolute atomic E-state index is 0.252. The van der Waals surface area contributed by atoms with E-state index in [9.17, 15) is 4.79 Å². The highest BCUT2D eigenvalue weighted by Crippen LogP contribution is 2.29. The molecule has 0 spiro atoms. The van der Waals surface area contributed by atoms with Gasteiger partial charge in [0.25, 0.3) is 5.91 Å². The van der Waals surface area contributed by atoms with E-state index < -0.39 is 0 Å². The lowest BCUT2D eigenvalue weighted by molar-refractivity contribution is 0.102. The smallest absolute Gasteiger partial charge is 0.258 e. The Bertz CT molecular complexity index is 907. The van der Waals surface area contributed by atoms with Crippen molar-refractivity contribution in [3.05, 3.63) is 29.6 Å². The average Bonchev–Trinajstić information content (AvgIpc) is 3.28. The van der Waals surface area contributed by atoms with E-state index in [2.05, 4.69) is 25.6 Å². The lowest BCUT2D eigenvalue weighted by atomic mass is 10.2. The number of aromatic amines is 1. The number of fused-ring (bicyclic) bond motifs is 1. The number of aryl methyl sites for hydroxylation is 2. The van der Waals surface area contributed by atoms with E-state index in [1.54, 1.807) is 16.8 Å². The van der Waals surface area contributed by atoms with Crippen molar-refractivity contribution >= 4 is 22.8 Å². The summed E-state index contributed by atoms with van der Waals surface area (Å²) in [6.45, 7) is 2.72. The third kappa shape index (κ3) is 3.07. The molecule has 8 heteroatoms. The third-order valence-electron chi connectivity index (χ3n) is 4.35. The van der Waals surface area contributed by atoms with E-state index in [-0.39, 0.29) is 5.91 Å². The van der Waals surface area contributed by atoms with Gasteiger partial charge in [-0.05, 0) is 31.2 Å². The Morgan fingerprint density at radius 2 is 2.28 bits per heavy atom. The zero-order valence-corrected chi connectivity index (χ0v) is 14.2. The lowest BCUT2D eigenvalue weighted by Crippen LogP contribution is -2.13. The maximum atomic E-state index is 12.5. The van der Waals surface area contributed by atoms with Crippen LogP contribution in [0.2, 0.25) is 0 Å². The predicted octanol–water partition coefficient (Wildman–Crippen LogP) is 2.29. The number of hydrogen-bond donors (Lipinski definition) is 2. The van der Waals surface area contributed by atoms with Crippen LogP contribution in [0.4, 0.5) is 5.82 Å². The van der Waals surface area contributed by atoms with Crippen LogP contribution in [-0.2, 0) is 13.5 Å². The van der Waals surface area contributed by atoms with Gasteiger partial charge in [0.15, 0.2) is 5.65 Å². The molecular weight excluding hydrogens is 320 g/mol. The summed E-state index contributed by atoms with van der Waals surface area (Å²) in [5, 5.41) is 15.2. The van der Waals surface area contributed by atoms with Gasteiger partial charge in [-0.1, -0.05) is 6.92 Å². The molecule has 0 unspecified atom stereocenters. The van der Waals surface area contributed by atoms with Crippen molar-refractivity contribution in [3.63, 3.8) is 0 Å². The Morgan fingerprint density at radius 3 is 2.96 bits per heavy atom. The number of carbonyl (C=O) groups is 1. The minimum Gasteiger partial charge on any atom is -0.477 e. The van der Waals surface area contributed by atoms with E-state index in [0.29, 0.717) is 35.4 Å². The molecule has 1 aliphatic rings. The number of hydrogen-bond acceptors (Lipinski definition) is 5. The van der Waals surface area contributed by atoms with Crippen molar-refractivity contribution in [2.45, 2.75) is 26.2 Å². The van der Waals surface area contributed by atoms with Crippen LogP contribution in [0, 0.1) is 5.92 Å². The van der Waals surface area contributed by atoms with Gasteiger partial charge in [-0.3, -0.25) is 9.89 Å². The molecule has 4 rings (SSSR count). The van der Waals surface area contributed by atoms with Gasteiger partial charge in [0.05, 0.1) is 23.3 Å². The van der Waals surface area contributed by atoms with Gasteiger partial charge in [-0.15, -0.1) is 0 Å². The first kappa shape index (κ1) is 15.6. The van der Waals surface area contributed by atoms with Crippen molar-refractivity contribution in [1.82, 2.24) is 25.0 Å². The third-order valence-corrected chi connectivity index (χ3v) is 4.35. The molecule has 1 fully saturated rings.